The molecule has 1 aromatic heterocycles. The molecule has 82 valence electrons. The minimum Gasteiger partial charge on any atom is -0.384 e. The maximum absolute atomic E-state index is 9.69. The number of benzene rings is 1. The van der Waals surface area contributed by atoms with Gasteiger partial charge in [-0.3, -0.25) is 0 Å². The molecule has 0 aliphatic carbocycles. The Morgan fingerprint density at radius 3 is 2.69 bits per heavy atom. The second-order valence-electron chi connectivity index (χ2n) is 3.30. The number of hydrogen-bond acceptors (Lipinski definition) is 3. The molecule has 0 aliphatic rings. The van der Waals surface area contributed by atoms with E-state index in [4.69, 9.17) is 4.52 Å². The van der Waals surface area contributed by atoms with Gasteiger partial charge in [-0.2, -0.15) is 0 Å². The molecule has 2 rings (SSSR count). The van der Waals surface area contributed by atoms with Crippen molar-refractivity contribution in [3.8, 4) is 11.3 Å². The van der Waals surface area contributed by atoms with E-state index in [1.165, 1.54) is 12.3 Å². The Kier molecular flexibility index (Phi) is 3.22. The van der Waals surface area contributed by atoms with Crippen LogP contribution < -0.4 is 0 Å². The van der Waals surface area contributed by atoms with Crippen molar-refractivity contribution in [1.29, 1.82) is 0 Å². The Hall–Kier alpha value is -1.39. The van der Waals surface area contributed by atoms with Gasteiger partial charge in [-0.1, -0.05) is 39.3 Å². The third kappa shape index (κ3) is 2.08. The molecule has 0 bridgehead atoms. The van der Waals surface area contributed by atoms with E-state index in [-0.39, 0.29) is 0 Å². The number of aliphatic hydroxyl groups is 1. The van der Waals surface area contributed by atoms with Gasteiger partial charge in [0, 0.05) is 10.0 Å². The van der Waals surface area contributed by atoms with Gasteiger partial charge in [-0.25, -0.2) is 0 Å². The smallest absolute Gasteiger partial charge is 0.172 e. The van der Waals surface area contributed by atoms with Gasteiger partial charge in [0.15, 0.2) is 5.76 Å². The average Bonchev–Trinajstić information content (AvgIpc) is 2.78. The summed E-state index contributed by atoms with van der Waals surface area (Å²) >= 11 is 3.36. The number of nitrogens with zero attached hydrogens (tertiary/aromatic N) is 1. The molecule has 16 heavy (non-hydrogen) atoms. The summed E-state index contributed by atoms with van der Waals surface area (Å²) in [5, 5.41) is 13.4. The van der Waals surface area contributed by atoms with Crippen LogP contribution in [0.25, 0.3) is 11.3 Å². The third-order valence-corrected chi connectivity index (χ3v) is 2.77. The van der Waals surface area contributed by atoms with Gasteiger partial charge < -0.3 is 9.63 Å². The SMILES string of the molecule is C=CC(O)c1cnoc1-c1ccc(Br)cc1. The van der Waals surface area contributed by atoms with E-state index >= 15 is 0 Å². The highest BCUT2D eigenvalue weighted by molar-refractivity contribution is 9.10. The van der Waals surface area contributed by atoms with Crippen molar-refractivity contribution in [2.45, 2.75) is 6.10 Å². The lowest BCUT2D eigenvalue weighted by Crippen LogP contribution is -1.92. The van der Waals surface area contributed by atoms with Crippen molar-refractivity contribution in [2.24, 2.45) is 0 Å². The summed E-state index contributed by atoms with van der Waals surface area (Å²) in [5.74, 6) is 0.569. The molecular weight excluding hydrogens is 270 g/mol. The normalized spacial score (nSPS) is 12.4. The molecule has 0 amide bonds. The van der Waals surface area contributed by atoms with E-state index < -0.39 is 6.10 Å². The van der Waals surface area contributed by atoms with Gasteiger partial charge >= 0.3 is 0 Å². The van der Waals surface area contributed by atoms with Crippen LogP contribution in [0.3, 0.4) is 0 Å². The summed E-state index contributed by atoms with van der Waals surface area (Å²) in [6, 6.07) is 7.59. The summed E-state index contributed by atoms with van der Waals surface area (Å²) in [4.78, 5) is 0. The van der Waals surface area contributed by atoms with E-state index in [0.29, 0.717) is 11.3 Å². The second kappa shape index (κ2) is 4.63. The van der Waals surface area contributed by atoms with Gasteiger partial charge in [0.2, 0.25) is 0 Å². The van der Waals surface area contributed by atoms with Crippen LogP contribution >= 0.6 is 15.9 Å². The van der Waals surface area contributed by atoms with Crippen LogP contribution in [0.4, 0.5) is 0 Å². The highest BCUT2D eigenvalue weighted by Crippen LogP contribution is 2.29. The van der Waals surface area contributed by atoms with Crippen LogP contribution in [-0.2, 0) is 0 Å². The largest absolute Gasteiger partial charge is 0.384 e. The lowest BCUT2D eigenvalue weighted by molar-refractivity contribution is 0.229. The lowest BCUT2D eigenvalue weighted by atomic mass is 10.1. The Bertz CT molecular complexity index is 490. The van der Waals surface area contributed by atoms with E-state index in [0.717, 1.165) is 10.0 Å². The predicted octanol–water partition coefficient (Wildman–Crippen LogP) is 3.32. The van der Waals surface area contributed by atoms with Gasteiger partial charge in [0.05, 0.1) is 11.8 Å². The molecule has 1 N–H and O–H groups in total. The van der Waals surface area contributed by atoms with Crippen molar-refractivity contribution < 1.29 is 9.63 Å². The zero-order valence-corrected chi connectivity index (χ0v) is 10.0. The van der Waals surface area contributed by atoms with E-state index in [9.17, 15) is 5.11 Å². The third-order valence-electron chi connectivity index (χ3n) is 2.25. The van der Waals surface area contributed by atoms with Crippen molar-refractivity contribution in [3.05, 3.63) is 53.2 Å². The quantitative estimate of drug-likeness (QED) is 0.877. The minimum atomic E-state index is -0.759. The minimum absolute atomic E-state index is 0.569. The molecule has 3 nitrogen and oxygen atoms in total. The van der Waals surface area contributed by atoms with Crippen LogP contribution in [0.1, 0.15) is 11.7 Å². The van der Waals surface area contributed by atoms with E-state index in [1.807, 2.05) is 24.3 Å². The van der Waals surface area contributed by atoms with Crippen LogP contribution in [0.2, 0.25) is 0 Å². The van der Waals surface area contributed by atoms with Gasteiger partial charge in [0.1, 0.15) is 6.10 Å². The molecule has 0 radical (unpaired) electrons. The van der Waals surface area contributed by atoms with Crippen molar-refractivity contribution in [2.75, 3.05) is 0 Å². The highest BCUT2D eigenvalue weighted by atomic mass is 79.9. The van der Waals surface area contributed by atoms with E-state index in [2.05, 4.69) is 27.7 Å². The van der Waals surface area contributed by atoms with E-state index in [1.54, 1.807) is 0 Å². The number of halogens is 1. The fraction of sp³-hybridized carbons (Fsp3) is 0.0833. The summed E-state index contributed by atoms with van der Waals surface area (Å²) < 4.78 is 6.13. The molecular formula is C12H10BrNO2. The number of rotatable bonds is 3. The predicted molar refractivity (Wildman–Crippen MR) is 64.8 cm³/mol. The number of aromatic nitrogens is 1. The number of hydrogen-bond donors (Lipinski definition) is 1. The Balaban J connectivity index is 2.44. The zero-order chi connectivity index (χ0) is 11.5. The molecule has 1 unspecified atom stereocenters. The lowest BCUT2D eigenvalue weighted by Gasteiger charge is -2.04. The van der Waals surface area contributed by atoms with Crippen LogP contribution in [-0.4, -0.2) is 10.3 Å². The standard InChI is InChI=1S/C12H10BrNO2/c1-2-11(15)10-7-14-16-12(10)8-3-5-9(13)6-4-8/h2-7,11,15H,1H2. The molecule has 0 aliphatic heterocycles. The second-order valence-corrected chi connectivity index (χ2v) is 4.21. The van der Waals surface area contributed by atoms with Crippen molar-refractivity contribution in [1.82, 2.24) is 5.16 Å². The molecule has 0 fully saturated rings. The first kappa shape index (κ1) is 11.1. The Morgan fingerprint density at radius 1 is 1.38 bits per heavy atom. The molecule has 0 saturated heterocycles. The van der Waals surface area contributed by atoms with Crippen LogP contribution in [0.5, 0.6) is 0 Å². The maximum Gasteiger partial charge on any atom is 0.172 e. The first-order chi connectivity index (χ1) is 7.72. The highest BCUT2D eigenvalue weighted by Gasteiger charge is 2.15. The average molecular weight is 280 g/mol. The monoisotopic (exact) mass is 279 g/mol. The van der Waals surface area contributed by atoms with Crippen molar-refractivity contribution >= 4 is 15.9 Å². The van der Waals surface area contributed by atoms with Crippen LogP contribution in [0.15, 0.2) is 52.1 Å². The molecule has 1 atom stereocenters. The molecule has 2 aromatic rings. The molecule has 1 heterocycles. The zero-order valence-electron chi connectivity index (χ0n) is 8.43. The Labute approximate surface area is 102 Å². The van der Waals surface area contributed by atoms with Gasteiger partial charge in [-0.05, 0) is 12.1 Å². The molecule has 0 spiro atoms. The number of aliphatic hydroxyl groups excluding tert-OH is 1. The fourth-order valence-electron chi connectivity index (χ4n) is 1.41. The summed E-state index contributed by atoms with van der Waals surface area (Å²) in [6.07, 6.45) is 2.18. The fourth-order valence-corrected chi connectivity index (χ4v) is 1.67. The topological polar surface area (TPSA) is 46.3 Å². The molecule has 0 saturated carbocycles. The van der Waals surface area contributed by atoms with Crippen molar-refractivity contribution in [3.63, 3.8) is 0 Å². The molecule has 4 heteroatoms. The summed E-state index contributed by atoms with van der Waals surface area (Å²) in [5.41, 5.74) is 1.49. The van der Waals surface area contributed by atoms with Gasteiger partial charge in [-0.15, -0.1) is 6.58 Å². The first-order valence-electron chi connectivity index (χ1n) is 4.73. The van der Waals surface area contributed by atoms with Gasteiger partial charge in [0.25, 0.3) is 0 Å². The van der Waals surface area contributed by atoms with Crippen LogP contribution in [0, 0.1) is 0 Å². The molecule has 1 aromatic carbocycles. The maximum atomic E-state index is 9.69. The Morgan fingerprint density at radius 2 is 2.06 bits per heavy atom. The summed E-state index contributed by atoms with van der Waals surface area (Å²) in [6.45, 7) is 3.54. The summed E-state index contributed by atoms with van der Waals surface area (Å²) in [7, 11) is 0. The first-order valence-corrected chi connectivity index (χ1v) is 5.53.